The number of aryl methyl sites for hydroxylation is 1. The van der Waals surface area contributed by atoms with Gasteiger partial charge in [0.05, 0.1) is 11.7 Å². The zero-order valence-corrected chi connectivity index (χ0v) is 14.8. The second-order valence-corrected chi connectivity index (χ2v) is 6.92. The van der Waals surface area contributed by atoms with Crippen molar-refractivity contribution in [2.45, 2.75) is 32.4 Å². The lowest BCUT2D eigenvalue weighted by Crippen LogP contribution is -2.24. The topological polar surface area (TPSA) is 79.7 Å². The van der Waals surface area contributed by atoms with Gasteiger partial charge in [-0.25, -0.2) is 9.97 Å². The van der Waals surface area contributed by atoms with Gasteiger partial charge in [-0.15, -0.1) is 10.2 Å². The molecule has 3 aromatic rings. The van der Waals surface area contributed by atoms with Crippen LogP contribution in [0.4, 0.5) is 10.9 Å². The summed E-state index contributed by atoms with van der Waals surface area (Å²) in [6, 6.07) is 6.44. The highest BCUT2D eigenvalue weighted by Gasteiger charge is 2.27. The second-order valence-electron chi connectivity index (χ2n) is 6.08. The van der Waals surface area contributed by atoms with Gasteiger partial charge >= 0.3 is 0 Å². The van der Waals surface area contributed by atoms with Crippen molar-refractivity contribution >= 4 is 22.3 Å². The molecule has 0 unspecified atom stereocenters. The first-order chi connectivity index (χ1) is 12.3. The lowest BCUT2D eigenvalue weighted by Gasteiger charge is -2.24. The average molecular weight is 353 g/mol. The Labute approximate surface area is 150 Å². The lowest BCUT2D eigenvalue weighted by molar-refractivity contribution is 0.244. The summed E-state index contributed by atoms with van der Waals surface area (Å²) in [5, 5.41) is 11.8. The summed E-state index contributed by atoms with van der Waals surface area (Å²) in [4.78, 5) is 15.9. The first kappa shape index (κ1) is 16.0. The fraction of sp³-hybridized carbons (Fsp3) is 0.353. The third kappa shape index (κ3) is 3.80. The minimum Gasteiger partial charge on any atom is -0.315 e. The smallest absolute Gasteiger partial charge is 0.210 e. The van der Waals surface area contributed by atoms with Crippen LogP contribution in [0.3, 0.4) is 0 Å². The van der Waals surface area contributed by atoms with Gasteiger partial charge in [-0.05, 0) is 37.9 Å². The van der Waals surface area contributed by atoms with Crippen LogP contribution in [-0.2, 0) is 6.54 Å². The van der Waals surface area contributed by atoms with Crippen molar-refractivity contribution in [3.8, 4) is 0 Å². The Morgan fingerprint density at radius 3 is 3.12 bits per heavy atom. The van der Waals surface area contributed by atoms with Crippen molar-refractivity contribution in [2.24, 2.45) is 0 Å². The van der Waals surface area contributed by atoms with E-state index in [4.69, 9.17) is 4.98 Å². The molecule has 0 aromatic carbocycles. The molecule has 3 aromatic heterocycles. The summed E-state index contributed by atoms with van der Waals surface area (Å²) in [6.07, 6.45) is 6.02. The molecular formula is C17H19N7S. The molecule has 1 N–H and O–H groups in total. The normalized spacial score (nSPS) is 17.7. The Morgan fingerprint density at radius 1 is 1.36 bits per heavy atom. The molecule has 0 aliphatic carbocycles. The number of aromatic nitrogens is 5. The largest absolute Gasteiger partial charge is 0.315 e. The van der Waals surface area contributed by atoms with Crippen molar-refractivity contribution in [1.82, 2.24) is 30.0 Å². The number of hydrogen-bond acceptors (Lipinski definition) is 8. The maximum absolute atomic E-state index is 4.70. The van der Waals surface area contributed by atoms with Gasteiger partial charge in [0.15, 0.2) is 0 Å². The van der Waals surface area contributed by atoms with Crippen molar-refractivity contribution < 1.29 is 0 Å². The van der Waals surface area contributed by atoms with E-state index in [1.165, 1.54) is 23.3 Å². The molecule has 128 valence electrons. The molecule has 1 atom stereocenters. The third-order valence-corrected chi connectivity index (χ3v) is 4.87. The number of pyridine rings is 1. The maximum atomic E-state index is 4.70. The highest BCUT2D eigenvalue weighted by Crippen LogP contribution is 2.33. The molecule has 1 aliphatic heterocycles. The Balaban J connectivity index is 1.56. The molecule has 4 rings (SSSR count). The SMILES string of the molecule is Cc1nc(Nc2nncs2)cc([C@@H]2CCCN2Cc2cccnc2)n1. The Morgan fingerprint density at radius 2 is 2.32 bits per heavy atom. The van der Waals surface area contributed by atoms with Crippen LogP contribution in [0.25, 0.3) is 0 Å². The summed E-state index contributed by atoms with van der Waals surface area (Å²) >= 11 is 1.45. The van der Waals surface area contributed by atoms with Gasteiger partial charge in [-0.2, -0.15) is 0 Å². The van der Waals surface area contributed by atoms with Crippen LogP contribution in [0, 0.1) is 6.92 Å². The first-order valence-corrected chi connectivity index (χ1v) is 9.17. The monoisotopic (exact) mass is 353 g/mol. The molecule has 25 heavy (non-hydrogen) atoms. The van der Waals surface area contributed by atoms with Crippen LogP contribution in [0.15, 0.2) is 36.1 Å². The number of likely N-dealkylation sites (tertiary alicyclic amines) is 1. The molecule has 1 saturated heterocycles. The van der Waals surface area contributed by atoms with Gasteiger partial charge in [0.25, 0.3) is 0 Å². The van der Waals surface area contributed by atoms with Crippen molar-refractivity contribution in [3.63, 3.8) is 0 Å². The molecule has 0 spiro atoms. The van der Waals surface area contributed by atoms with E-state index in [1.54, 1.807) is 5.51 Å². The van der Waals surface area contributed by atoms with Crippen LogP contribution in [0.1, 0.15) is 36.0 Å². The molecule has 0 bridgehead atoms. The van der Waals surface area contributed by atoms with E-state index in [2.05, 4.69) is 36.4 Å². The maximum Gasteiger partial charge on any atom is 0.210 e. The summed E-state index contributed by atoms with van der Waals surface area (Å²) in [6.45, 7) is 3.89. The highest BCUT2D eigenvalue weighted by molar-refractivity contribution is 7.13. The van der Waals surface area contributed by atoms with Crippen molar-refractivity contribution in [2.75, 3.05) is 11.9 Å². The highest BCUT2D eigenvalue weighted by atomic mass is 32.1. The Kier molecular flexibility index (Phi) is 4.62. The van der Waals surface area contributed by atoms with E-state index < -0.39 is 0 Å². The molecule has 4 heterocycles. The molecule has 7 nitrogen and oxygen atoms in total. The Bertz CT molecular complexity index is 822. The van der Waals surface area contributed by atoms with E-state index in [9.17, 15) is 0 Å². The van der Waals surface area contributed by atoms with E-state index in [0.717, 1.165) is 42.0 Å². The van der Waals surface area contributed by atoms with Gasteiger partial charge in [0.2, 0.25) is 5.13 Å². The minimum absolute atomic E-state index is 0.303. The number of anilines is 2. The van der Waals surface area contributed by atoms with Gasteiger partial charge in [0.1, 0.15) is 17.2 Å². The zero-order chi connectivity index (χ0) is 17.1. The fourth-order valence-electron chi connectivity index (χ4n) is 3.24. The predicted octanol–water partition coefficient (Wildman–Crippen LogP) is 3.11. The summed E-state index contributed by atoms with van der Waals surface area (Å²) in [5.74, 6) is 1.53. The molecule has 1 aliphatic rings. The molecule has 0 radical (unpaired) electrons. The number of nitrogens with zero attached hydrogens (tertiary/aromatic N) is 6. The summed E-state index contributed by atoms with van der Waals surface area (Å²) in [5.41, 5.74) is 3.98. The number of hydrogen-bond donors (Lipinski definition) is 1. The fourth-order valence-corrected chi connectivity index (χ4v) is 3.69. The van der Waals surface area contributed by atoms with Gasteiger partial charge in [-0.1, -0.05) is 17.4 Å². The zero-order valence-electron chi connectivity index (χ0n) is 14.0. The van der Waals surface area contributed by atoms with Crippen LogP contribution in [-0.4, -0.2) is 36.6 Å². The van der Waals surface area contributed by atoms with Crippen molar-refractivity contribution in [3.05, 3.63) is 53.2 Å². The number of rotatable bonds is 5. The molecule has 0 saturated carbocycles. The third-order valence-electron chi connectivity index (χ3n) is 4.27. The second kappa shape index (κ2) is 7.20. The average Bonchev–Trinajstić information content (AvgIpc) is 3.27. The first-order valence-electron chi connectivity index (χ1n) is 8.29. The lowest BCUT2D eigenvalue weighted by atomic mass is 10.1. The minimum atomic E-state index is 0.303. The Hall–Kier alpha value is -2.45. The predicted molar refractivity (Wildman–Crippen MR) is 96.6 cm³/mol. The van der Waals surface area contributed by atoms with Crippen LogP contribution in [0.5, 0.6) is 0 Å². The van der Waals surface area contributed by atoms with Crippen LogP contribution < -0.4 is 5.32 Å². The standard InChI is InChI=1S/C17H19N7S/c1-12-20-14(8-16(21-12)22-17-23-19-11-25-17)15-5-3-7-24(15)10-13-4-2-6-18-9-13/h2,4,6,8-9,11,15H,3,5,7,10H2,1H3,(H,20,21,22,23)/t15-/m0/s1. The van der Waals surface area contributed by atoms with E-state index in [0.29, 0.717) is 6.04 Å². The van der Waals surface area contributed by atoms with E-state index in [-0.39, 0.29) is 0 Å². The summed E-state index contributed by atoms with van der Waals surface area (Å²) < 4.78 is 0. The van der Waals surface area contributed by atoms with Gasteiger partial charge in [-0.3, -0.25) is 9.88 Å². The summed E-state index contributed by atoms with van der Waals surface area (Å²) in [7, 11) is 0. The van der Waals surface area contributed by atoms with Gasteiger partial charge < -0.3 is 5.32 Å². The van der Waals surface area contributed by atoms with E-state index >= 15 is 0 Å². The van der Waals surface area contributed by atoms with E-state index in [1.807, 2.05) is 31.5 Å². The number of nitrogens with one attached hydrogen (secondary N) is 1. The van der Waals surface area contributed by atoms with Gasteiger partial charge in [0, 0.05) is 25.0 Å². The molecule has 1 fully saturated rings. The quantitative estimate of drug-likeness (QED) is 0.755. The molecule has 0 amide bonds. The van der Waals surface area contributed by atoms with Crippen LogP contribution in [0.2, 0.25) is 0 Å². The molecule has 8 heteroatoms. The van der Waals surface area contributed by atoms with Crippen molar-refractivity contribution in [1.29, 1.82) is 0 Å². The van der Waals surface area contributed by atoms with Crippen LogP contribution >= 0.6 is 11.3 Å². The molecular weight excluding hydrogens is 334 g/mol.